The predicted molar refractivity (Wildman–Crippen MR) is 101 cm³/mol. The number of nitrogens with zero attached hydrogens (tertiary/aromatic N) is 3. The van der Waals surface area contributed by atoms with Crippen molar-refractivity contribution in [2.45, 2.75) is 52.5 Å². The van der Waals surface area contributed by atoms with Gasteiger partial charge in [0.1, 0.15) is 0 Å². The maximum absolute atomic E-state index is 4.37. The van der Waals surface area contributed by atoms with Crippen molar-refractivity contribution in [2.75, 3.05) is 53.4 Å². The van der Waals surface area contributed by atoms with Crippen LogP contribution in [0.1, 0.15) is 46.5 Å². The molecule has 0 amide bonds. The number of hydrogen-bond donors (Lipinski definition) is 2. The van der Waals surface area contributed by atoms with E-state index in [1.54, 1.807) is 0 Å². The fourth-order valence-electron chi connectivity index (χ4n) is 3.04. The zero-order chi connectivity index (χ0) is 17.1. The molecule has 0 aromatic carbocycles. The first-order chi connectivity index (χ1) is 11.1. The summed E-state index contributed by atoms with van der Waals surface area (Å²) in [7, 11) is 4.07. The summed E-state index contributed by atoms with van der Waals surface area (Å²) >= 11 is 0. The van der Waals surface area contributed by atoms with Gasteiger partial charge >= 0.3 is 0 Å². The van der Waals surface area contributed by atoms with Gasteiger partial charge in [0.2, 0.25) is 0 Å². The molecule has 2 N–H and O–H groups in total. The Morgan fingerprint density at radius 3 is 2.30 bits per heavy atom. The summed E-state index contributed by atoms with van der Waals surface area (Å²) in [6.07, 6.45) is 5.16. The lowest BCUT2D eigenvalue weighted by Crippen LogP contribution is -2.52. The van der Waals surface area contributed by atoms with Crippen LogP contribution in [-0.4, -0.2) is 75.2 Å². The average Bonchev–Trinajstić information content (AvgIpc) is 2.57. The van der Waals surface area contributed by atoms with E-state index < -0.39 is 0 Å². The Balaban J connectivity index is 2.27. The van der Waals surface area contributed by atoms with Gasteiger partial charge in [-0.15, -0.1) is 0 Å². The number of likely N-dealkylation sites (N-methyl/N-ethyl adjacent to an activating group) is 1. The highest BCUT2D eigenvalue weighted by atomic mass is 15.3. The van der Waals surface area contributed by atoms with Crippen LogP contribution >= 0.6 is 0 Å². The first kappa shape index (κ1) is 20.2. The van der Waals surface area contributed by atoms with Gasteiger partial charge in [-0.2, -0.15) is 0 Å². The van der Waals surface area contributed by atoms with E-state index in [9.17, 15) is 0 Å². The van der Waals surface area contributed by atoms with E-state index in [1.165, 1.54) is 51.9 Å². The molecule has 0 aromatic rings. The van der Waals surface area contributed by atoms with E-state index >= 15 is 0 Å². The Bertz CT molecular complexity index is 323. The smallest absolute Gasteiger partial charge is 0.191 e. The summed E-state index contributed by atoms with van der Waals surface area (Å²) in [5, 5.41) is 7.00. The molecule has 0 bridgehead atoms. The summed E-state index contributed by atoms with van der Waals surface area (Å²) in [4.78, 5) is 9.34. The predicted octanol–water partition coefficient (Wildman–Crippen LogP) is 2.00. The fourth-order valence-corrected chi connectivity index (χ4v) is 3.04. The van der Waals surface area contributed by atoms with E-state index in [4.69, 9.17) is 0 Å². The minimum absolute atomic E-state index is 0.546. The molecule has 5 heteroatoms. The van der Waals surface area contributed by atoms with Crippen molar-refractivity contribution in [2.24, 2.45) is 10.9 Å². The zero-order valence-corrected chi connectivity index (χ0v) is 16.1. The van der Waals surface area contributed by atoms with Gasteiger partial charge in [0.05, 0.1) is 0 Å². The molecule has 1 heterocycles. The topological polar surface area (TPSA) is 42.9 Å². The van der Waals surface area contributed by atoms with Gasteiger partial charge in [-0.1, -0.05) is 33.1 Å². The molecule has 1 rings (SSSR count). The first-order valence-electron chi connectivity index (χ1n) is 9.47. The summed E-state index contributed by atoms with van der Waals surface area (Å²) in [5.74, 6) is 1.70. The summed E-state index contributed by atoms with van der Waals surface area (Å²) in [6.45, 7) is 13.5. The van der Waals surface area contributed by atoms with Crippen molar-refractivity contribution in [1.29, 1.82) is 0 Å². The molecule has 1 fully saturated rings. The quantitative estimate of drug-likeness (QED) is 0.503. The van der Waals surface area contributed by atoms with Crippen LogP contribution in [0.2, 0.25) is 0 Å². The van der Waals surface area contributed by atoms with E-state index in [0.717, 1.165) is 25.0 Å². The maximum atomic E-state index is 4.37. The van der Waals surface area contributed by atoms with Crippen molar-refractivity contribution in [1.82, 2.24) is 20.4 Å². The van der Waals surface area contributed by atoms with Crippen LogP contribution in [0.15, 0.2) is 4.99 Å². The Hall–Kier alpha value is -0.810. The number of piperazine rings is 1. The number of unbranched alkanes of at least 4 members (excludes halogenated alkanes) is 1. The van der Waals surface area contributed by atoms with Crippen LogP contribution in [0.3, 0.4) is 0 Å². The summed E-state index contributed by atoms with van der Waals surface area (Å²) < 4.78 is 0. The highest BCUT2D eigenvalue weighted by Crippen LogP contribution is 2.11. The van der Waals surface area contributed by atoms with Gasteiger partial charge < -0.3 is 15.5 Å². The molecule has 2 unspecified atom stereocenters. The zero-order valence-electron chi connectivity index (χ0n) is 16.1. The van der Waals surface area contributed by atoms with Gasteiger partial charge in [0.15, 0.2) is 5.96 Å². The van der Waals surface area contributed by atoms with Crippen LogP contribution in [0.4, 0.5) is 0 Å². The first-order valence-corrected chi connectivity index (χ1v) is 9.47. The number of guanidine groups is 1. The van der Waals surface area contributed by atoms with Gasteiger partial charge in [-0.05, 0) is 26.3 Å². The molecule has 136 valence electrons. The molecule has 1 aliphatic rings. The lowest BCUT2D eigenvalue weighted by atomic mass is 9.99. The lowest BCUT2D eigenvalue weighted by molar-refractivity contribution is 0.120. The summed E-state index contributed by atoms with van der Waals surface area (Å²) in [6, 6.07) is 0.546. The van der Waals surface area contributed by atoms with Gasteiger partial charge in [-0.3, -0.25) is 9.89 Å². The van der Waals surface area contributed by atoms with Gasteiger partial charge in [0.25, 0.3) is 0 Å². The third-order valence-electron chi connectivity index (χ3n) is 5.05. The van der Waals surface area contributed by atoms with Crippen LogP contribution in [0, 0.1) is 5.92 Å². The standard InChI is InChI=1S/C18H39N5/c1-6-8-9-17(7-2)15-21-18(19-4)20-14-16(3)23-12-10-22(5)11-13-23/h16-17H,6-15H2,1-5H3,(H2,19,20,21). The Kier molecular flexibility index (Phi) is 10.3. The van der Waals surface area contributed by atoms with E-state index in [1.807, 2.05) is 7.05 Å². The normalized spacial score (nSPS) is 20.3. The van der Waals surface area contributed by atoms with Crippen LogP contribution < -0.4 is 10.6 Å². The third-order valence-corrected chi connectivity index (χ3v) is 5.05. The van der Waals surface area contributed by atoms with Gasteiger partial charge in [-0.25, -0.2) is 0 Å². The summed E-state index contributed by atoms with van der Waals surface area (Å²) in [5.41, 5.74) is 0. The molecule has 2 atom stereocenters. The largest absolute Gasteiger partial charge is 0.356 e. The molecule has 0 saturated carbocycles. The molecular weight excluding hydrogens is 286 g/mol. The van der Waals surface area contributed by atoms with Crippen molar-refractivity contribution >= 4 is 5.96 Å². The molecule has 0 aliphatic carbocycles. The molecule has 1 aliphatic heterocycles. The number of aliphatic imine (C=N–C) groups is 1. The molecule has 0 spiro atoms. The third kappa shape index (κ3) is 8.02. The Labute approximate surface area is 143 Å². The van der Waals surface area contributed by atoms with Crippen molar-refractivity contribution in [3.63, 3.8) is 0 Å². The highest BCUT2D eigenvalue weighted by Gasteiger charge is 2.19. The number of rotatable bonds is 9. The second-order valence-electron chi connectivity index (χ2n) is 6.94. The Morgan fingerprint density at radius 1 is 1.09 bits per heavy atom. The molecule has 23 heavy (non-hydrogen) atoms. The van der Waals surface area contributed by atoms with Crippen LogP contribution in [0.25, 0.3) is 0 Å². The second kappa shape index (κ2) is 11.7. The molecule has 1 saturated heterocycles. The van der Waals surface area contributed by atoms with Gasteiger partial charge in [0, 0.05) is 52.4 Å². The minimum Gasteiger partial charge on any atom is -0.356 e. The molecular formula is C18H39N5. The lowest BCUT2D eigenvalue weighted by Gasteiger charge is -2.36. The highest BCUT2D eigenvalue weighted by molar-refractivity contribution is 5.79. The van der Waals surface area contributed by atoms with E-state index in [0.29, 0.717) is 6.04 Å². The fraction of sp³-hybridized carbons (Fsp3) is 0.944. The van der Waals surface area contributed by atoms with Crippen molar-refractivity contribution in [3.8, 4) is 0 Å². The SMILES string of the molecule is CCCCC(CC)CNC(=NC)NCC(C)N1CCN(C)CC1. The minimum atomic E-state index is 0.546. The number of hydrogen-bond acceptors (Lipinski definition) is 3. The number of nitrogens with one attached hydrogen (secondary N) is 2. The van der Waals surface area contributed by atoms with E-state index in [2.05, 4.69) is 53.2 Å². The van der Waals surface area contributed by atoms with Crippen molar-refractivity contribution < 1.29 is 0 Å². The van der Waals surface area contributed by atoms with Crippen LogP contribution in [-0.2, 0) is 0 Å². The molecule has 0 aromatic heterocycles. The molecule has 5 nitrogen and oxygen atoms in total. The van der Waals surface area contributed by atoms with Crippen molar-refractivity contribution in [3.05, 3.63) is 0 Å². The maximum Gasteiger partial charge on any atom is 0.191 e. The second-order valence-corrected chi connectivity index (χ2v) is 6.94. The average molecular weight is 326 g/mol. The Morgan fingerprint density at radius 2 is 1.74 bits per heavy atom. The molecule has 0 radical (unpaired) electrons. The monoisotopic (exact) mass is 325 g/mol. The van der Waals surface area contributed by atoms with E-state index in [-0.39, 0.29) is 0 Å². The van der Waals surface area contributed by atoms with Crippen LogP contribution in [0.5, 0.6) is 0 Å².